The van der Waals surface area contributed by atoms with Gasteiger partial charge in [-0.2, -0.15) is 0 Å². The van der Waals surface area contributed by atoms with Gasteiger partial charge in [0, 0.05) is 11.0 Å². The van der Waals surface area contributed by atoms with Crippen LogP contribution in [0, 0.1) is 0 Å². The highest BCUT2D eigenvalue weighted by molar-refractivity contribution is 9.08. The minimum absolute atomic E-state index is 0.353. The summed E-state index contributed by atoms with van der Waals surface area (Å²) in [5.74, 6) is 0. The number of nitrogens with two attached hydrogens (primary N) is 1. The van der Waals surface area contributed by atoms with E-state index >= 15 is 0 Å². The monoisotopic (exact) mass is 447 g/mol. The van der Waals surface area contributed by atoms with Crippen LogP contribution in [-0.4, -0.2) is 10.2 Å². The van der Waals surface area contributed by atoms with Crippen molar-refractivity contribution in [1.29, 1.82) is 0 Å². The molecule has 2 aromatic carbocycles. The van der Waals surface area contributed by atoms with E-state index in [4.69, 9.17) is 5.14 Å². The lowest BCUT2D eigenvalue weighted by Gasteiger charge is -2.15. The number of amides is 2. The zero-order chi connectivity index (χ0) is 19.0. The van der Waals surface area contributed by atoms with Crippen molar-refractivity contribution in [3.63, 3.8) is 0 Å². The first-order valence-corrected chi connectivity index (χ1v) is 11.9. The molecule has 2 aliphatic carbocycles. The van der Waals surface area contributed by atoms with Crippen LogP contribution in [0.15, 0.2) is 39.6 Å². The lowest BCUT2D eigenvalue weighted by Crippen LogP contribution is -2.19. The number of fused-ring (bicyclic) bond motifs is 2. The summed E-state index contributed by atoms with van der Waals surface area (Å²) in [7, 11) is -3.29. The van der Waals surface area contributed by atoms with Gasteiger partial charge in [0.15, 0.2) is 0 Å². The number of halogens is 1. The number of hydrogen-bond acceptors (Lipinski definition) is 2. The standard InChI is InChI=1S/C20H22BrN3O2S/c21-12-13-7-9-16(10-8-13)27(22,26)24-20(25)23-19-17-5-1-3-14(17)11-15-4-2-6-18(15)19/h7-11H,1-6,12H2,(H3,22,23,24,25,26). The zero-order valence-electron chi connectivity index (χ0n) is 15.0. The van der Waals surface area contributed by atoms with E-state index in [1.54, 1.807) is 12.1 Å². The van der Waals surface area contributed by atoms with E-state index < -0.39 is 15.9 Å². The molecule has 3 N–H and O–H groups in total. The Morgan fingerprint density at radius 2 is 1.67 bits per heavy atom. The molecule has 0 fully saturated rings. The third kappa shape index (κ3) is 3.68. The molecular weight excluding hydrogens is 426 g/mol. The number of rotatable bonds is 3. The SMILES string of the molecule is NS(=O)(=NC(=O)Nc1c2c(cc3c1CCC3)CCC2)c1ccc(CBr)cc1. The zero-order valence-corrected chi connectivity index (χ0v) is 17.4. The highest BCUT2D eigenvalue weighted by atomic mass is 79.9. The molecule has 2 aromatic rings. The van der Waals surface area contributed by atoms with Gasteiger partial charge < -0.3 is 5.32 Å². The van der Waals surface area contributed by atoms with Crippen LogP contribution in [0.2, 0.25) is 0 Å². The Balaban J connectivity index is 1.65. The van der Waals surface area contributed by atoms with Gasteiger partial charge in [-0.3, -0.25) is 0 Å². The maximum Gasteiger partial charge on any atom is 0.354 e. The topological polar surface area (TPSA) is 84.6 Å². The minimum atomic E-state index is -3.29. The molecule has 1 atom stereocenters. The average molecular weight is 448 g/mol. The number of nitrogens with one attached hydrogen (secondary N) is 1. The Morgan fingerprint density at radius 1 is 1.07 bits per heavy atom. The van der Waals surface area contributed by atoms with Gasteiger partial charge in [0.2, 0.25) is 0 Å². The maximum absolute atomic E-state index is 12.8. The van der Waals surface area contributed by atoms with Crippen LogP contribution in [0.3, 0.4) is 0 Å². The van der Waals surface area contributed by atoms with E-state index in [-0.39, 0.29) is 0 Å². The smallest absolute Gasteiger partial charge is 0.305 e. The third-order valence-electron chi connectivity index (χ3n) is 5.34. The predicted octanol–water partition coefficient (Wildman–Crippen LogP) is 4.49. The van der Waals surface area contributed by atoms with Crippen LogP contribution in [0.25, 0.3) is 0 Å². The minimum Gasteiger partial charge on any atom is -0.305 e. The van der Waals surface area contributed by atoms with E-state index in [0.717, 1.165) is 49.8 Å². The summed E-state index contributed by atoms with van der Waals surface area (Å²) in [4.78, 5) is 12.9. The fourth-order valence-electron chi connectivity index (χ4n) is 4.05. The summed E-state index contributed by atoms with van der Waals surface area (Å²) in [6.07, 6.45) is 6.23. The molecule has 7 heteroatoms. The van der Waals surface area contributed by atoms with Crippen molar-refractivity contribution in [2.24, 2.45) is 9.50 Å². The Labute approximate surface area is 168 Å². The molecular formula is C20H22BrN3O2S. The second-order valence-electron chi connectivity index (χ2n) is 7.10. The summed E-state index contributed by atoms with van der Waals surface area (Å²) in [5, 5.41) is 9.51. The van der Waals surface area contributed by atoms with E-state index in [1.165, 1.54) is 22.3 Å². The highest BCUT2D eigenvalue weighted by Gasteiger charge is 2.25. The molecule has 0 heterocycles. The molecule has 0 saturated heterocycles. The number of urea groups is 1. The van der Waals surface area contributed by atoms with E-state index in [1.807, 2.05) is 12.1 Å². The van der Waals surface area contributed by atoms with Crippen molar-refractivity contribution in [2.75, 3.05) is 5.32 Å². The second-order valence-corrected chi connectivity index (χ2v) is 9.45. The molecule has 27 heavy (non-hydrogen) atoms. The van der Waals surface area contributed by atoms with Gasteiger partial charge in [-0.25, -0.2) is 14.1 Å². The molecule has 0 saturated carbocycles. The van der Waals surface area contributed by atoms with E-state index in [2.05, 4.69) is 31.7 Å². The van der Waals surface area contributed by atoms with Crippen molar-refractivity contribution >= 4 is 37.6 Å². The number of benzene rings is 2. The first-order chi connectivity index (χ1) is 13.0. The van der Waals surface area contributed by atoms with Crippen molar-refractivity contribution < 1.29 is 9.00 Å². The van der Waals surface area contributed by atoms with Gasteiger partial charge in [0.05, 0.1) is 4.90 Å². The number of nitrogens with zero attached hydrogens (tertiary/aromatic N) is 1. The molecule has 2 amide bonds. The summed E-state index contributed by atoms with van der Waals surface area (Å²) in [6.45, 7) is 0. The molecule has 4 rings (SSSR count). The van der Waals surface area contributed by atoms with Crippen LogP contribution in [0.5, 0.6) is 0 Å². The number of alkyl halides is 1. The summed E-state index contributed by atoms with van der Waals surface area (Å²) in [5.41, 5.74) is 6.99. The Morgan fingerprint density at radius 3 is 2.22 bits per heavy atom. The lowest BCUT2D eigenvalue weighted by molar-refractivity contribution is 0.260. The number of anilines is 1. The number of aryl methyl sites for hydroxylation is 2. The van der Waals surface area contributed by atoms with Gasteiger partial charge in [-0.15, -0.1) is 4.36 Å². The van der Waals surface area contributed by atoms with Crippen LogP contribution >= 0.6 is 15.9 Å². The van der Waals surface area contributed by atoms with Gasteiger partial charge in [-0.05, 0) is 78.5 Å². The summed E-state index contributed by atoms with van der Waals surface area (Å²) < 4.78 is 16.6. The molecule has 1 unspecified atom stereocenters. The first kappa shape index (κ1) is 18.7. The van der Waals surface area contributed by atoms with Gasteiger partial charge in [0.1, 0.15) is 9.92 Å². The third-order valence-corrected chi connectivity index (χ3v) is 7.37. The Hall–Kier alpha value is -1.70. The average Bonchev–Trinajstić information content (AvgIpc) is 3.30. The van der Waals surface area contributed by atoms with Crippen LogP contribution in [0.1, 0.15) is 40.7 Å². The Kier molecular flexibility index (Phi) is 5.09. The number of hydrogen-bond donors (Lipinski definition) is 2. The maximum atomic E-state index is 12.8. The van der Waals surface area contributed by atoms with Crippen LogP contribution < -0.4 is 10.5 Å². The molecule has 2 aliphatic rings. The lowest BCUT2D eigenvalue weighted by atomic mass is 9.99. The molecule has 0 aliphatic heterocycles. The molecule has 0 bridgehead atoms. The van der Waals surface area contributed by atoms with Crippen LogP contribution in [0.4, 0.5) is 10.5 Å². The summed E-state index contributed by atoms with van der Waals surface area (Å²) in [6, 6.07) is 8.62. The van der Waals surface area contributed by atoms with Gasteiger partial charge in [-0.1, -0.05) is 34.1 Å². The Bertz CT molecular complexity index is 992. The molecule has 142 valence electrons. The van der Waals surface area contributed by atoms with Gasteiger partial charge in [0.25, 0.3) is 0 Å². The molecule has 5 nitrogen and oxygen atoms in total. The molecule has 0 aromatic heterocycles. The van der Waals surface area contributed by atoms with Crippen molar-refractivity contribution in [3.8, 4) is 0 Å². The quantitative estimate of drug-likeness (QED) is 0.678. The van der Waals surface area contributed by atoms with Crippen molar-refractivity contribution in [1.82, 2.24) is 0 Å². The fourth-order valence-corrected chi connectivity index (χ4v) is 5.34. The van der Waals surface area contributed by atoms with Gasteiger partial charge >= 0.3 is 6.03 Å². The van der Waals surface area contributed by atoms with Crippen molar-refractivity contribution in [3.05, 3.63) is 58.1 Å². The first-order valence-electron chi connectivity index (χ1n) is 9.15. The summed E-state index contributed by atoms with van der Waals surface area (Å²) >= 11 is 3.37. The van der Waals surface area contributed by atoms with E-state index in [0.29, 0.717) is 10.2 Å². The largest absolute Gasteiger partial charge is 0.354 e. The number of carbonyl (C=O) groups is 1. The fraction of sp³-hybridized carbons (Fsp3) is 0.350. The van der Waals surface area contributed by atoms with Crippen molar-refractivity contribution in [2.45, 2.75) is 48.8 Å². The second kappa shape index (κ2) is 7.37. The highest BCUT2D eigenvalue weighted by Crippen LogP contribution is 2.38. The van der Waals surface area contributed by atoms with E-state index in [9.17, 15) is 9.00 Å². The predicted molar refractivity (Wildman–Crippen MR) is 112 cm³/mol. The van der Waals surface area contributed by atoms with Crippen LogP contribution in [-0.2, 0) is 40.9 Å². The normalized spacial score (nSPS) is 17.1. The molecule has 0 radical (unpaired) electrons. The molecule has 0 spiro atoms. The number of carbonyl (C=O) groups excluding carboxylic acids is 1.